The van der Waals surface area contributed by atoms with Gasteiger partial charge in [0.15, 0.2) is 0 Å². The molecule has 2 rings (SSSR count). The van der Waals surface area contributed by atoms with E-state index in [-0.39, 0.29) is 17.8 Å². The topological polar surface area (TPSA) is 84.9 Å². The van der Waals surface area contributed by atoms with Gasteiger partial charge in [-0.15, -0.1) is 0 Å². The van der Waals surface area contributed by atoms with E-state index in [0.29, 0.717) is 38.4 Å². The van der Waals surface area contributed by atoms with Gasteiger partial charge in [0.1, 0.15) is 5.76 Å². The summed E-state index contributed by atoms with van der Waals surface area (Å²) >= 11 is 0. The Labute approximate surface area is 125 Å². The Morgan fingerprint density at radius 3 is 2.81 bits per heavy atom. The molecule has 1 unspecified atom stereocenters. The Morgan fingerprint density at radius 1 is 1.48 bits per heavy atom. The maximum atomic E-state index is 12.1. The first kappa shape index (κ1) is 16.3. The number of nitrogens with zero attached hydrogens (tertiary/aromatic N) is 1. The minimum Gasteiger partial charge on any atom is -0.415 e. The molecule has 0 radical (unpaired) electrons. The molecule has 120 valence electrons. The van der Waals surface area contributed by atoms with Crippen molar-refractivity contribution in [1.82, 2.24) is 9.62 Å². The number of nitrogens with one attached hydrogen (secondary N) is 1. The molecule has 8 heteroatoms. The lowest BCUT2D eigenvalue weighted by Crippen LogP contribution is -2.53. The Kier molecular flexibility index (Phi) is 5.23. The maximum Gasteiger partial charge on any atom is 0.415 e. The lowest BCUT2D eigenvalue weighted by molar-refractivity contribution is -0.00117. The molecule has 21 heavy (non-hydrogen) atoms. The summed E-state index contributed by atoms with van der Waals surface area (Å²) in [5.74, 6) is 0.517. The van der Waals surface area contributed by atoms with Gasteiger partial charge < -0.3 is 9.47 Å². The van der Waals surface area contributed by atoms with Gasteiger partial charge >= 0.3 is 6.09 Å². The molecule has 0 aromatic carbocycles. The minimum atomic E-state index is -3.26. The number of amides is 1. The third kappa shape index (κ3) is 4.42. The summed E-state index contributed by atoms with van der Waals surface area (Å²) in [6.07, 6.45) is 2.65. The number of allylic oxidation sites excluding steroid dienone is 2. The molecule has 0 spiro atoms. The maximum absolute atomic E-state index is 12.1. The number of carbonyl (C=O) groups is 1. The van der Waals surface area contributed by atoms with E-state index in [2.05, 4.69) is 4.72 Å². The summed E-state index contributed by atoms with van der Waals surface area (Å²) in [7, 11) is -3.26. The highest BCUT2D eigenvalue weighted by Crippen LogP contribution is 2.27. The Morgan fingerprint density at radius 2 is 2.19 bits per heavy atom. The number of morpholine rings is 1. The first-order chi connectivity index (χ1) is 9.94. The highest BCUT2D eigenvalue weighted by atomic mass is 32.2. The summed E-state index contributed by atoms with van der Waals surface area (Å²) in [6, 6.07) is -0.343. The van der Waals surface area contributed by atoms with Gasteiger partial charge in [0.05, 0.1) is 24.5 Å². The molecule has 1 N–H and O–H groups in total. The van der Waals surface area contributed by atoms with Crippen LogP contribution < -0.4 is 4.72 Å². The van der Waals surface area contributed by atoms with Crippen LogP contribution in [0.1, 0.15) is 26.7 Å². The molecular weight excluding hydrogens is 296 g/mol. The molecule has 0 aromatic heterocycles. The first-order valence-electron chi connectivity index (χ1n) is 7.11. The van der Waals surface area contributed by atoms with Crippen LogP contribution in [0.3, 0.4) is 0 Å². The Hall–Kier alpha value is -1.12. The number of hydrogen-bond donors (Lipinski definition) is 1. The third-order valence-electron chi connectivity index (χ3n) is 3.60. The van der Waals surface area contributed by atoms with E-state index in [1.807, 2.05) is 0 Å². The fraction of sp³-hybridized carbons (Fsp3) is 0.769. The zero-order chi connectivity index (χ0) is 15.5. The van der Waals surface area contributed by atoms with Crippen molar-refractivity contribution in [3.63, 3.8) is 0 Å². The third-order valence-corrected chi connectivity index (χ3v) is 5.52. The lowest BCUT2D eigenvalue weighted by Gasteiger charge is -2.34. The number of rotatable bonds is 5. The van der Waals surface area contributed by atoms with E-state index in [9.17, 15) is 13.2 Å². The van der Waals surface area contributed by atoms with Crippen molar-refractivity contribution in [1.29, 1.82) is 0 Å². The fourth-order valence-corrected chi connectivity index (χ4v) is 3.45. The van der Waals surface area contributed by atoms with Gasteiger partial charge in [-0.2, -0.15) is 0 Å². The van der Waals surface area contributed by atoms with Gasteiger partial charge in [0.25, 0.3) is 0 Å². The van der Waals surface area contributed by atoms with Crippen LogP contribution in [0.25, 0.3) is 0 Å². The van der Waals surface area contributed by atoms with Crippen molar-refractivity contribution in [2.45, 2.75) is 38.0 Å². The molecule has 1 atom stereocenters. The van der Waals surface area contributed by atoms with Crippen molar-refractivity contribution in [2.75, 3.05) is 26.3 Å². The highest BCUT2D eigenvalue weighted by Gasteiger charge is 2.37. The van der Waals surface area contributed by atoms with Crippen LogP contribution in [0.15, 0.2) is 11.8 Å². The molecule has 1 aliphatic carbocycles. The van der Waals surface area contributed by atoms with E-state index in [1.165, 1.54) is 4.90 Å². The van der Waals surface area contributed by atoms with Crippen molar-refractivity contribution >= 4 is 16.1 Å². The van der Waals surface area contributed by atoms with Gasteiger partial charge in [-0.3, -0.25) is 4.90 Å². The second kappa shape index (κ2) is 6.76. The molecule has 1 saturated heterocycles. The molecule has 7 nitrogen and oxygen atoms in total. The molecule has 0 bridgehead atoms. The normalized spacial score (nSPS) is 24.0. The number of carbonyl (C=O) groups excluding carboxylic acids is 1. The Bertz CT molecular complexity index is 513. The van der Waals surface area contributed by atoms with Crippen molar-refractivity contribution in [2.24, 2.45) is 0 Å². The monoisotopic (exact) mass is 318 g/mol. The van der Waals surface area contributed by atoms with E-state index >= 15 is 0 Å². The largest absolute Gasteiger partial charge is 0.415 e. The summed E-state index contributed by atoms with van der Waals surface area (Å²) in [4.78, 5) is 13.6. The van der Waals surface area contributed by atoms with E-state index in [0.717, 1.165) is 0 Å². The van der Waals surface area contributed by atoms with Crippen molar-refractivity contribution in [3.05, 3.63) is 11.8 Å². The van der Waals surface area contributed by atoms with Gasteiger partial charge in [-0.05, 0) is 32.8 Å². The van der Waals surface area contributed by atoms with Gasteiger partial charge in [-0.1, -0.05) is 0 Å². The van der Waals surface area contributed by atoms with Crippen LogP contribution in [0.4, 0.5) is 4.79 Å². The highest BCUT2D eigenvalue weighted by molar-refractivity contribution is 7.90. The molecule has 2 fully saturated rings. The van der Waals surface area contributed by atoms with Crippen LogP contribution in [0.5, 0.6) is 0 Å². The van der Waals surface area contributed by atoms with Gasteiger partial charge in [0, 0.05) is 13.1 Å². The van der Waals surface area contributed by atoms with Crippen LogP contribution >= 0.6 is 0 Å². The zero-order valence-corrected chi connectivity index (χ0v) is 13.2. The minimum absolute atomic E-state index is 0.156. The van der Waals surface area contributed by atoms with E-state index < -0.39 is 16.1 Å². The number of hydrogen-bond acceptors (Lipinski definition) is 5. The second-order valence-corrected chi connectivity index (χ2v) is 7.33. The molecule has 1 amide bonds. The van der Waals surface area contributed by atoms with Gasteiger partial charge in [0.2, 0.25) is 10.0 Å². The second-order valence-electron chi connectivity index (χ2n) is 5.28. The summed E-state index contributed by atoms with van der Waals surface area (Å²) < 4.78 is 36.8. The lowest BCUT2D eigenvalue weighted by atomic mass is 10.2. The van der Waals surface area contributed by atoms with E-state index in [4.69, 9.17) is 9.47 Å². The summed E-state index contributed by atoms with van der Waals surface area (Å²) in [5, 5.41) is -0.271. The predicted molar refractivity (Wildman–Crippen MR) is 77.2 cm³/mol. The standard InChI is InChI=1S/C13H22N2O5S/c1-3-10(2)20-13(16)15-6-7-19-9-11(15)8-14-21(17,18)12-4-5-12/h3,11-12,14H,4-9H2,1-2H3/b10-3-. The molecule has 1 heterocycles. The molecule has 0 aromatic rings. The Balaban J connectivity index is 1.93. The quantitative estimate of drug-likeness (QED) is 0.759. The van der Waals surface area contributed by atoms with Crippen LogP contribution in [-0.2, 0) is 19.5 Å². The van der Waals surface area contributed by atoms with Crippen molar-refractivity contribution in [3.8, 4) is 0 Å². The van der Waals surface area contributed by atoms with Crippen LogP contribution in [0.2, 0.25) is 0 Å². The summed E-state index contributed by atoms with van der Waals surface area (Å²) in [5.41, 5.74) is 0. The predicted octanol–water partition coefficient (Wildman–Crippen LogP) is 0.829. The summed E-state index contributed by atoms with van der Waals surface area (Å²) in [6.45, 7) is 4.76. The SMILES string of the molecule is C/C=C(/C)OC(=O)N1CCOCC1CNS(=O)(=O)C1CC1. The molecule has 2 aliphatic rings. The van der Waals surface area contributed by atoms with Gasteiger partial charge in [-0.25, -0.2) is 17.9 Å². The fourth-order valence-electron chi connectivity index (χ4n) is 2.03. The van der Waals surface area contributed by atoms with Crippen LogP contribution in [0, 0.1) is 0 Å². The average molecular weight is 318 g/mol. The smallest absolute Gasteiger partial charge is 0.415 e. The average Bonchev–Trinajstić information content (AvgIpc) is 3.30. The number of sulfonamides is 1. The van der Waals surface area contributed by atoms with Crippen molar-refractivity contribution < 1.29 is 22.7 Å². The van der Waals surface area contributed by atoms with E-state index in [1.54, 1.807) is 19.9 Å². The molecular formula is C13H22N2O5S. The number of ether oxygens (including phenoxy) is 2. The first-order valence-corrected chi connectivity index (χ1v) is 8.66. The zero-order valence-electron chi connectivity index (χ0n) is 12.4. The molecule has 1 saturated carbocycles. The molecule has 1 aliphatic heterocycles. The van der Waals surface area contributed by atoms with Crippen LogP contribution in [-0.4, -0.2) is 57.0 Å².